The Bertz CT molecular complexity index is 1040. The van der Waals surface area contributed by atoms with Crippen molar-refractivity contribution in [3.8, 4) is 11.5 Å². The maximum absolute atomic E-state index is 12.1. The molecular formula is C24H30N4O4. The van der Waals surface area contributed by atoms with Crippen molar-refractivity contribution in [2.75, 3.05) is 6.61 Å². The van der Waals surface area contributed by atoms with E-state index in [1.807, 2.05) is 31.2 Å². The average Bonchev–Trinajstić information content (AvgIpc) is 3.38. The van der Waals surface area contributed by atoms with Crippen molar-refractivity contribution in [1.29, 1.82) is 0 Å². The van der Waals surface area contributed by atoms with Crippen molar-refractivity contribution in [2.24, 2.45) is 21.8 Å². The molecule has 2 aliphatic carbocycles. The molecular weight excluding hydrogens is 408 g/mol. The number of aryl methyl sites for hydroxylation is 2. The quantitative estimate of drug-likeness (QED) is 0.520. The first kappa shape index (κ1) is 22.2. The van der Waals surface area contributed by atoms with Gasteiger partial charge in [0.1, 0.15) is 0 Å². The Balaban J connectivity index is 1.21. The number of hydrogen-bond donors (Lipinski definition) is 1. The Morgan fingerprint density at radius 3 is 2.62 bits per heavy atom. The van der Waals surface area contributed by atoms with Gasteiger partial charge in [0.05, 0.1) is 6.42 Å². The van der Waals surface area contributed by atoms with Crippen molar-refractivity contribution in [2.45, 2.75) is 59.8 Å². The molecule has 0 radical (unpaired) electrons. The molecule has 4 rings (SSSR count). The number of esters is 1. The van der Waals surface area contributed by atoms with Crippen molar-refractivity contribution < 1.29 is 18.7 Å². The normalized spacial score (nSPS) is 24.6. The maximum atomic E-state index is 12.1. The summed E-state index contributed by atoms with van der Waals surface area (Å²) in [6.45, 7) is 8.43. The van der Waals surface area contributed by atoms with Crippen LogP contribution in [0.5, 0.6) is 0 Å². The van der Waals surface area contributed by atoms with Crippen LogP contribution in [0.4, 0.5) is 0 Å². The molecule has 8 nitrogen and oxygen atoms in total. The zero-order valence-electron chi connectivity index (χ0n) is 19.1. The molecule has 0 aliphatic heterocycles. The molecule has 0 saturated heterocycles. The average molecular weight is 439 g/mol. The summed E-state index contributed by atoms with van der Waals surface area (Å²) in [5, 5.41) is 12.4. The molecule has 1 aromatic carbocycles. The third kappa shape index (κ3) is 4.18. The van der Waals surface area contributed by atoms with E-state index in [1.165, 1.54) is 6.42 Å². The second-order valence-corrected chi connectivity index (χ2v) is 9.61. The fourth-order valence-electron chi connectivity index (χ4n) is 4.85. The van der Waals surface area contributed by atoms with Crippen LogP contribution in [-0.4, -0.2) is 34.4 Å². The summed E-state index contributed by atoms with van der Waals surface area (Å²) in [5.41, 5.74) is 5.77. The van der Waals surface area contributed by atoms with Crippen LogP contribution in [0, 0.1) is 23.7 Å². The molecule has 2 aliphatic rings. The lowest BCUT2D eigenvalue weighted by molar-refractivity contribution is -0.148. The molecule has 2 bridgehead atoms. The Kier molecular flexibility index (Phi) is 5.88. The largest absolute Gasteiger partial charge is 0.455 e. The molecule has 1 heterocycles. The van der Waals surface area contributed by atoms with Gasteiger partial charge in [0.25, 0.3) is 5.91 Å². The SMILES string of the molecule is Cc1ccc(-c2nnc(CCC(=O)OCC(=O)N/N=C3\CC4CCC3(C)C4(C)C)o2)cc1. The number of fused-ring (bicyclic) bond motifs is 2. The number of carbonyl (C=O) groups excluding carboxylic acids is 2. The summed E-state index contributed by atoms with van der Waals surface area (Å²) < 4.78 is 10.7. The zero-order chi connectivity index (χ0) is 22.9. The highest BCUT2D eigenvalue weighted by Gasteiger charge is 2.60. The first-order chi connectivity index (χ1) is 15.2. The summed E-state index contributed by atoms with van der Waals surface area (Å²) in [6.07, 6.45) is 3.51. The molecule has 32 heavy (non-hydrogen) atoms. The minimum Gasteiger partial charge on any atom is -0.455 e. The van der Waals surface area contributed by atoms with E-state index >= 15 is 0 Å². The maximum Gasteiger partial charge on any atom is 0.306 e. The fraction of sp³-hybridized carbons (Fsp3) is 0.542. The number of nitrogens with zero attached hydrogens (tertiary/aromatic N) is 3. The number of hydrazone groups is 1. The summed E-state index contributed by atoms with van der Waals surface area (Å²) in [6, 6.07) is 7.73. The molecule has 0 spiro atoms. The number of rotatable bonds is 7. The Hall–Kier alpha value is -3.03. The van der Waals surface area contributed by atoms with E-state index in [4.69, 9.17) is 9.15 Å². The fourth-order valence-corrected chi connectivity index (χ4v) is 4.85. The first-order valence-corrected chi connectivity index (χ1v) is 11.1. The minimum atomic E-state index is -0.504. The summed E-state index contributed by atoms with van der Waals surface area (Å²) in [5.74, 6) is 0.424. The number of nitrogens with one attached hydrogen (secondary N) is 1. The zero-order valence-corrected chi connectivity index (χ0v) is 19.1. The van der Waals surface area contributed by atoms with Crippen LogP contribution in [0.2, 0.25) is 0 Å². The highest BCUT2D eigenvalue weighted by molar-refractivity contribution is 5.95. The molecule has 1 N–H and O–H groups in total. The highest BCUT2D eigenvalue weighted by Crippen LogP contribution is 2.63. The van der Waals surface area contributed by atoms with Gasteiger partial charge in [-0.15, -0.1) is 10.2 Å². The third-order valence-corrected chi connectivity index (χ3v) is 7.50. The van der Waals surface area contributed by atoms with Crippen LogP contribution in [0.1, 0.15) is 57.9 Å². The Morgan fingerprint density at radius 2 is 1.97 bits per heavy atom. The van der Waals surface area contributed by atoms with E-state index in [9.17, 15) is 9.59 Å². The second kappa shape index (κ2) is 8.48. The molecule has 170 valence electrons. The molecule has 8 heteroatoms. The number of hydrogen-bond acceptors (Lipinski definition) is 7. The van der Waals surface area contributed by atoms with Gasteiger partial charge < -0.3 is 9.15 Å². The first-order valence-electron chi connectivity index (χ1n) is 11.1. The highest BCUT2D eigenvalue weighted by atomic mass is 16.5. The van der Waals surface area contributed by atoms with Gasteiger partial charge in [-0.3, -0.25) is 9.59 Å². The smallest absolute Gasteiger partial charge is 0.306 e. The second-order valence-electron chi connectivity index (χ2n) is 9.61. The van der Waals surface area contributed by atoms with Crippen LogP contribution in [-0.2, 0) is 20.7 Å². The summed E-state index contributed by atoms with van der Waals surface area (Å²) in [4.78, 5) is 24.1. The number of carbonyl (C=O) groups is 2. The summed E-state index contributed by atoms with van der Waals surface area (Å²) >= 11 is 0. The van der Waals surface area contributed by atoms with E-state index < -0.39 is 11.9 Å². The Morgan fingerprint density at radius 1 is 1.22 bits per heavy atom. The lowest BCUT2D eigenvalue weighted by atomic mass is 9.70. The van der Waals surface area contributed by atoms with Crippen LogP contribution >= 0.6 is 0 Å². The van der Waals surface area contributed by atoms with Gasteiger partial charge in [-0.25, -0.2) is 5.43 Å². The lowest BCUT2D eigenvalue weighted by Crippen LogP contribution is -2.34. The standard InChI is InChI=1S/C24H30N4O4/c1-15-5-7-16(8-6-15)22-28-27-20(32-22)9-10-21(30)31-14-19(29)26-25-18-13-17-11-12-24(18,4)23(17,2)3/h5-8,17H,9-14H2,1-4H3,(H,26,29)/b25-18+. The number of amides is 1. The van der Waals surface area contributed by atoms with E-state index in [2.05, 4.69) is 41.5 Å². The van der Waals surface area contributed by atoms with Gasteiger partial charge in [-0.2, -0.15) is 5.10 Å². The molecule has 2 saturated carbocycles. The van der Waals surface area contributed by atoms with Crippen molar-refractivity contribution in [3.05, 3.63) is 35.7 Å². The van der Waals surface area contributed by atoms with Gasteiger partial charge in [-0.1, -0.05) is 38.5 Å². The van der Waals surface area contributed by atoms with Crippen LogP contribution in [0.25, 0.3) is 11.5 Å². The minimum absolute atomic E-state index is 0.0170. The van der Waals surface area contributed by atoms with Crippen LogP contribution < -0.4 is 5.43 Å². The lowest BCUT2D eigenvalue weighted by Gasteiger charge is -2.34. The number of ether oxygens (including phenoxy) is 1. The predicted octanol–water partition coefficient (Wildman–Crippen LogP) is 3.84. The van der Waals surface area contributed by atoms with Crippen LogP contribution in [0.15, 0.2) is 33.8 Å². The number of aromatic nitrogens is 2. The van der Waals surface area contributed by atoms with E-state index in [0.29, 0.717) is 17.7 Å². The van der Waals surface area contributed by atoms with Gasteiger partial charge in [0, 0.05) is 23.1 Å². The third-order valence-electron chi connectivity index (χ3n) is 7.50. The molecule has 1 aromatic heterocycles. The molecule has 2 fully saturated rings. The molecule has 1 amide bonds. The summed E-state index contributed by atoms with van der Waals surface area (Å²) in [7, 11) is 0. The van der Waals surface area contributed by atoms with Crippen molar-refractivity contribution >= 4 is 17.6 Å². The Labute approximate surface area is 187 Å². The van der Waals surface area contributed by atoms with Gasteiger partial charge in [0.15, 0.2) is 6.61 Å². The molecule has 2 unspecified atom stereocenters. The van der Waals surface area contributed by atoms with Gasteiger partial charge in [-0.05, 0) is 49.7 Å². The molecule has 2 aromatic rings. The van der Waals surface area contributed by atoms with E-state index in [-0.39, 0.29) is 30.3 Å². The number of benzene rings is 1. The topological polar surface area (TPSA) is 107 Å². The van der Waals surface area contributed by atoms with Crippen LogP contribution in [0.3, 0.4) is 0 Å². The van der Waals surface area contributed by atoms with E-state index in [1.54, 1.807) is 0 Å². The predicted molar refractivity (Wildman–Crippen MR) is 119 cm³/mol. The van der Waals surface area contributed by atoms with E-state index in [0.717, 1.165) is 29.7 Å². The molecule has 2 atom stereocenters. The van der Waals surface area contributed by atoms with Crippen molar-refractivity contribution in [1.82, 2.24) is 15.6 Å². The van der Waals surface area contributed by atoms with Gasteiger partial charge in [0.2, 0.25) is 11.8 Å². The van der Waals surface area contributed by atoms with Crippen molar-refractivity contribution in [3.63, 3.8) is 0 Å². The van der Waals surface area contributed by atoms with Gasteiger partial charge >= 0.3 is 5.97 Å². The monoisotopic (exact) mass is 438 g/mol.